The van der Waals surface area contributed by atoms with Crippen LogP contribution in [0.15, 0.2) is 17.3 Å². The zero-order chi connectivity index (χ0) is 14.8. The molecule has 0 aliphatic carbocycles. The summed E-state index contributed by atoms with van der Waals surface area (Å²) in [6.07, 6.45) is 3.10. The fraction of sp³-hybridized carbons (Fsp3) is 0.300. The number of sulfonamides is 1. The van der Waals surface area contributed by atoms with E-state index in [0.29, 0.717) is 5.13 Å². The minimum Gasteiger partial charge on any atom is -0.292 e. The number of nitrogen functional groups attached to an aromatic ring is 1. The Hall–Kier alpha value is -1.78. The van der Waals surface area contributed by atoms with Crippen molar-refractivity contribution in [1.82, 2.24) is 15.0 Å². The van der Waals surface area contributed by atoms with Crippen molar-refractivity contribution in [2.75, 3.05) is 10.1 Å². The molecule has 2 aromatic rings. The molecule has 20 heavy (non-hydrogen) atoms. The van der Waals surface area contributed by atoms with Crippen LogP contribution in [-0.2, 0) is 16.4 Å². The first-order valence-electron chi connectivity index (χ1n) is 5.74. The van der Waals surface area contributed by atoms with Crippen LogP contribution in [0, 0.1) is 6.92 Å². The number of rotatable bonds is 5. The second-order valence-electron chi connectivity index (χ2n) is 3.87. The molecule has 0 aromatic carbocycles. The predicted molar refractivity (Wildman–Crippen MR) is 76.9 cm³/mol. The molecule has 4 N–H and O–H groups in total. The molecule has 0 spiro atoms. The van der Waals surface area contributed by atoms with Crippen LogP contribution in [-0.4, -0.2) is 23.4 Å². The number of nitrogens with two attached hydrogens (primary N) is 1. The van der Waals surface area contributed by atoms with Gasteiger partial charge in [0.2, 0.25) is 5.95 Å². The number of nitrogens with one attached hydrogen (secondary N) is 2. The van der Waals surface area contributed by atoms with Crippen LogP contribution in [0.5, 0.6) is 0 Å². The summed E-state index contributed by atoms with van der Waals surface area (Å²) in [7, 11) is -3.75. The fourth-order valence-electron chi connectivity index (χ4n) is 1.50. The zero-order valence-corrected chi connectivity index (χ0v) is 12.5. The lowest BCUT2D eigenvalue weighted by Crippen LogP contribution is -2.15. The van der Waals surface area contributed by atoms with Crippen LogP contribution >= 0.6 is 11.3 Å². The van der Waals surface area contributed by atoms with Gasteiger partial charge in [-0.3, -0.25) is 10.1 Å². The molecule has 108 valence electrons. The normalized spacial score (nSPS) is 11.3. The van der Waals surface area contributed by atoms with E-state index in [1.807, 2.05) is 13.8 Å². The molecule has 2 rings (SSSR count). The molecule has 0 radical (unpaired) electrons. The highest BCUT2D eigenvalue weighted by Crippen LogP contribution is 2.24. The third-order valence-electron chi connectivity index (χ3n) is 2.52. The third-order valence-corrected chi connectivity index (χ3v) is 4.87. The first-order chi connectivity index (χ1) is 9.46. The van der Waals surface area contributed by atoms with Gasteiger partial charge in [0.05, 0.1) is 18.1 Å². The van der Waals surface area contributed by atoms with Crippen LogP contribution in [0.25, 0.3) is 0 Å². The van der Waals surface area contributed by atoms with Crippen molar-refractivity contribution in [3.05, 3.63) is 23.0 Å². The minimum atomic E-state index is -3.75. The van der Waals surface area contributed by atoms with Gasteiger partial charge in [-0.05, 0) is 13.3 Å². The van der Waals surface area contributed by atoms with Crippen molar-refractivity contribution >= 4 is 32.4 Å². The van der Waals surface area contributed by atoms with Crippen LogP contribution < -0.4 is 16.0 Å². The maximum Gasteiger partial charge on any atom is 0.266 e. The summed E-state index contributed by atoms with van der Waals surface area (Å²) in [5, 5.41) is 0.334. The summed E-state index contributed by atoms with van der Waals surface area (Å²) in [4.78, 5) is 12.7. The second-order valence-corrected chi connectivity index (χ2v) is 6.75. The maximum absolute atomic E-state index is 12.1. The van der Waals surface area contributed by atoms with E-state index in [2.05, 4.69) is 25.1 Å². The van der Waals surface area contributed by atoms with Gasteiger partial charge < -0.3 is 0 Å². The number of thiazole rings is 1. The number of hydrazine groups is 1. The van der Waals surface area contributed by atoms with Gasteiger partial charge in [-0.1, -0.05) is 6.92 Å². The lowest BCUT2D eigenvalue weighted by molar-refractivity contribution is 0.600. The number of aromatic nitrogens is 3. The number of hydrogen-bond acceptors (Lipinski definition) is 8. The molecule has 0 bridgehead atoms. The number of anilines is 2. The SMILES string of the molecule is CCc1nc(NS(=O)(=O)c2cnc(NN)nc2)sc1C. The van der Waals surface area contributed by atoms with Crippen molar-refractivity contribution in [1.29, 1.82) is 0 Å². The summed E-state index contributed by atoms with van der Waals surface area (Å²) in [6, 6.07) is 0. The van der Waals surface area contributed by atoms with Crippen LogP contribution in [0.1, 0.15) is 17.5 Å². The van der Waals surface area contributed by atoms with Crippen LogP contribution in [0.4, 0.5) is 11.1 Å². The first-order valence-corrected chi connectivity index (χ1v) is 8.04. The topological polar surface area (TPSA) is 123 Å². The summed E-state index contributed by atoms with van der Waals surface area (Å²) in [5.74, 6) is 5.26. The molecular formula is C10H14N6O2S2. The number of aryl methyl sites for hydroxylation is 2. The van der Waals surface area contributed by atoms with E-state index >= 15 is 0 Å². The van der Waals surface area contributed by atoms with Crippen LogP contribution in [0.3, 0.4) is 0 Å². The predicted octanol–water partition coefficient (Wildman–Crippen LogP) is 0.890. The Kier molecular flexibility index (Phi) is 4.16. The Labute approximate surface area is 120 Å². The van der Waals surface area contributed by atoms with Crippen LogP contribution in [0.2, 0.25) is 0 Å². The van der Waals surface area contributed by atoms with Crippen molar-refractivity contribution < 1.29 is 8.42 Å². The molecule has 0 fully saturated rings. The standard InChI is InChI=1S/C10H14N6O2S2/c1-3-8-6(2)19-10(14-8)16-20(17,18)7-4-12-9(15-11)13-5-7/h4-5H,3,11H2,1-2H3,(H,14,16)(H,12,13,15). The molecular weight excluding hydrogens is 300 g/mol. The second kappa shape index (κ2) is 5.69. The lowest BCUT2D eigenvalue weighted by atomic mass is 10.3. The molecule has 10 heteroatoms. The Morgan fingerprint density at radius 3 is 2.50 bits per heavy atom. The molecule has 0 atom stereocenters. The van der Waals surface area contributed by atoms with Gasteiger partial charge in [-0.2, -0.15) is 0 Å². The highest BCUT2D eigenvalue weighted by Gasteiger charge is 2.18. The van der Waals surface area contributed by atoms with E-state index in [9.17, 15) is 8.42 Å². The minimum absolute atomic E-state index is 0.0533. The molecule has 8 nitrogen and oxygen atoms in total. The molecule has 0 amide bonds. The van der Waals surface area contributed by atoms with E-state index in [0.717, 1.165) is 17.0 Å². The van der Waals surface area contributed by atoms with Gasteiger partial charge in [0.15, 0.2) is 5.13 Å². The Morgan fingerprint density at radius 1 is 1.35 bits per heavy atom. The highest BCUT2D eigenvalue weighted by molar-refractivity contribution is 7.93. The third kappa shape index (κ3) is 3.03. The molecule has 0 aliphatic heterocycles. The largest absolute Gasteiger partial charge is 0.292 e. The van der Waals surface area contributed by atoms with Gasteiger partial charge in [-0.15, -0.1) is 11.3 Å². The van der Waals surface area contributed by atoms with Crippen molar-refractivity contribution in [3.63, 3.8) is 0 Å². The van der Waals surface area contributed by atoms with Crippen molar-refractivity contribution in [2.24, 2.45) is 5.84 Å². The molecule has 0 saturated heterocycles. The van der Waals surface area contributed by atoms with Crippen molar-refractivity contribution in [2.45, 2.75) is 25.2 Å². The molecule has 2 heterocycles. The fourth-order valence-corrected chi connectivity index (χ4v) is 3.53. The smallest absolute Gasteiger partial charge is 0.266 e. The summed E-state index contributed by atoms with van der Waals surface area (Å²) in [6.45, 7) is 3.87. The summed E-state index contributed by atoms with van der Waals surface area (Å²) < 4.78 is 26.7. The molecule has 0 saturated carbocycles. The van der Waals surface area contributed by atoms with E-state index in [1.54, 1.807) is 0 Å². The quantitative estimate of drug-likeness (QED) is 0.553. The van der Waals surface area contributed by atoms with Gasteiger partial charge in [0.25, 0.3) is 10.0 Å². The van der Waals surface area contributed by atoms with Crippen molar-refractivity contribution in [3.8, 4) is 0 Å². The zero-order valence-electron chi connectivity index (χ0n) is 10.9. The van der Waals surface area contributed by atoms with Gasteiger partial charge in [0, 0.05) is 4.88 Å². The molecule has 0 unspecified atom stereocenters. The lowest BCUT2D eigenvalue weighted by Gasteiger charge is -2.04. The highest BCUT2D eigenvalue weighted by atomic mass is 32.2. The first kappa shape index (κ1) is 14.6. The average Bonchev–Trinajstić information content (AvgIpc) is 2.78. The van der Waals surface area contributed by atoms with E-state index in [-0.39, 0.29) is 10.8 Å². The Bertz CT molecular complexity index is 695. The molecule has 2 aromatic heterocycles. The Morgan fingerprint density at radius 2 is 2.00 bits per heavy atom. The summed E-state index contributed by atoms with van der Waals surface area (Å²) >= 11 is 1.29. The van der Waals surface area contributed by atoms with Gasteiger partial charge in [0.1, 0.15) is 4.90 Å². The average molecular weight is 314 g/mol. The van der Waals surface area contributed by atoms with E-state index in [4.69, 9.17) is 5.84 Å². The van der Waals surface area contributed by atoms with Gasteiger partial charge >= 0.3 is 0 Å². The Balaban J connectivity index is 2.25. The molecule has 0 aliphatic rings. The van der Waals surface area contributed by atoms with E-state index < -0.39 is 10.0 Å². The monoisotopic (exact) mass is 314 g/mol. The maximum atomic E-state index is 12.1. The summed E-state index contributed by atoms with van der Waals surface area (Å²) in [5.41, 5.74) is 3.11. The number of hydrogen-bond donors (Lipinski definition) is 3. The number of nitrogens with zero attached hydrogens (tertiary/aromatic N) is 3. The van der Waals surface area contributed by atoms with Gasteiger partial charge in [-0.25, -0.2) is 29.2 Å². The van der Waals surface area contributed by atoms with E-state index in [1.165, 1.54) is 23.7 Å².